The number of benzene rings is 2. The van der Waals surface area contributed by atoms with Crippen molar-refractivity contribution in [3.05, 3.63) is 71.8 Å². The van der Waals surface area contributed by atoms with Crippen LogP contribution in [0.5, 0.6) is 0 Å². The summed E-state index contributed by atoms with van der Waals surface area (Å²) in [6, 6.07) is 21.6. The lowest BCUT2D eigenvalue weighted by molar-refractivity contribution is 0.309. The highest BCUT2D eigenvalue weighted by molar-refractivity contribution is 5.20. The van der Waals surface area contributed by atoms with E-state index in [9.17, 15) is 0 Å². The minimum absolute atomic E-state index is 0.330. The van der Waals surface area contributed by atoms with Crippen molar-refractivity contribution in [3.8, 4) is 0 Å². The molecule has 2 aromatic rings. The van der Waals surface area contributed by atoms with E-state index in [-0.39, 0.29) is 0 Å². The van der Waals surface area contributed by atoms with Gasteiger partial charge in [-0.05, 0) is 35.3 Å². The number of hydrogen-bond acceptors (Lipinski definition) is 0. The van der Waals surface area contributed by atoms with Gasteiger partial charge in [-0.2, -0.15) is 0 Å². The third-order valence-corrected chi connectivity index (χ3v) is 3.75. The normalized spacial score (nSPS) is 13.2. The third-order valence-electron chi connectivity index (χ3n) is 3.75. The maximum absolute atomic E-state index is 2.37. The van der Waals surface area contributed by atoms with Crippen molar-refractivity contribution in [2.45, 2.75) is 39.5 Å². The molecule has 0 heteroatoms. The number of rotatable bonds is 5. The Morgan fingerprint density at radius 1 is 0.842 bits per heavy atom. The summed E-state index contributed by atoms with van der Waals surface area (Å²) in [6.45, 7) is 7.08. The van der Waals surface area contributed by atoms with Gasteiger partial charge in [-0.25, -0.2) is 0 Å². The van der Waals surface area contributed by atoms with Crippen molar-refractivity contribution in [3.63, 3.8) is 0 Å². The van der Waals surface area contributed by atoms with Crippen molar-refractivity contribution in [1.82, 2.24) is 0 Å². The van der Waals surface area contributed by atoms with Crippen LogP contribution in [0, 0.1) is 5.41 Å². The quantitative estimate of drug-likeness (QED) is 0.664. The highest BCUT2D eigenvalue weighted by atomic mass is 14.3. The van der Waals surface area contributed by atoms with Crippen LogP contribution in [-0.2, 0) is 6.42 Å². The zero-order chi connectivity index (χ0) is 13.7. The summed E-state index contributed by atoms with van der Waals surface area (Å²) in [4.78, 5) is 0. The molecule has 0 saturated carbocycles. The monoisotopic (exact) mass is 252 g/mol. The Labute approximate surface area is 117 Å². The predicted molar refractivity (Wildman–Crippen MR) is 83.4 cm³/mol. The standard InChI is InChI=1S/C19H24/c1-16(18-12-8-5-9-13-18)14-19(2,3)15-17-10-6-4-7-11-17/h4-13,16H,14-15H2,1-3H3. The van der Waals surface area contributed by atoms with Gasteiger partial charge in [0.15, 0.2) is 0 Å². The highest BCUT2D eigenvalue weighted by Crippen LogP contribution is 2.34. The third kappa shape index (κ3) is 4.24. The Balaban J connectivity index is 2.01. The average Bonchev–Trinajstić information content (AvgIpc) is 2.39. The van der Waals surface area contributed by atoms with Gasteiger partial charge in [0, 0.05) is 0 Å². The fourth-order valence-corrected chi connectivity index (χ4v) is 2.95. The summed E-state index contributed by atoms with van der Waals surface area (Å²) in [6.07, 6.45) is 2.36. The SMILES string of the molecule is CC(CC(C)(C)Cc1ccccc1)c1ccccc1. The van der Waals surface area contributed by atoms with E-state index >= 15 is 0 Å². The van der Waals surface area contributed by atoms with Gasteiger partial charge in [-0.3, -0.25) is 0 Å². The van der Waals surface area contributed by atoms with Crippen molar-refractivity contribution >= 4 is 0 Å². The molecule has 0 bridgehead atoms. The van der Waals surface area contributed by atoms with E-state index in [2.05, 4.69) is 81.4 Å². The second-order valence-electron chi connectivity index (χ2n) is 6.34. The van der Waals surface area contributed by atoms with E-state index in [0.717, 1.165) is 6.42 Å². The molecule has 0 nitrogen and oxygen atoms in total. The van der Waals surface area contributed by atoms with Crippen molar-refractivity contribution in [2.24, 2.45) is 5.41 Å². The fraction of sp³-hybridized carbons (Fsp3) is 0.368. The van der Waals surface area contributed by atoms with E-state index < -0.39 is 0 Å². The second-order valence-corrected chi connectivity index (χ2v) is 6.34. The molecule has 1 atom stereocenters. The van der Waals surface area contributed by atoms with Crippen LogP contribution in [0.4, 0.5) is 0 Å². The van der Waals surface area contributed by atoms with Crippen LogP contribution in [0.15, 0.2) is 60.7 Å². The summed E-state index contributed by atoms with van der Waals surface area (Å²) in [5, 5.41) is 0. The van der Waals surface area contributed by atoms with Crippen LogP contribution < -0.4 is 0 Å². The maximum Gasteiger partial charge on any atom is -0.0185 e. The summed E-state index contributed by atoms with van der Waals surface area (Å²) >= 11 is 0. The minimum atomic E-state index is 0.330. The van der Waals surface area contributed by atoms with Crippen molar-refractivity contribution in [2.75, 3.05) is 0 Å². The summed E-state index contributed by atoms with van der Waals surface area (Å²) in [5.41, 5.74) is 3.22. The largest absolute Gasteiger partial charge is 0.0622 e. The Morgan fingerprint density at radius 2 is 1.37 bits per heavy atom. The van der Waals surface area contributed by atoms with Crippen LogP contribution in [-0.4, -0.2) is 0 Å². The molecule has 19 heavy (non-hydrogen) atoms. The second kappa shape index (κ2) is 6.06. The Hall–Kier alpha value is -1.56. The number of hydrogen-bond donors (Lipinski definition) is 0. The molecule has 2 rings (SSSR count). The Morgan fingerprint density at radius 3 is 1.95 bits per heavy atom. The first-order valence-corrected chi connectivity index (χ1v) is 7.16. The Bertz CT molecular complexity index is 482. The van der Waals surface area contributed by atoms with Crippen LogP contribution in [0.3, 0.4) is 0 Å². The zero-order valence-corrected chi connectivity index (χ0v) is 12.3. The molecule has 1 unspecified atom stereocenters. The first-order chi connectivity index (χ1) is 9.07. The molecule has 0 aliphatic heterocycles. The predicted octanol–water partition coefficient (Wildman–Crippen LogP) is 5.45. The molecule has 0 aromatic heterocycles. The van der Waals surface area contributed by atoms with Crippen LogP contribution in [0.1, 0.15) is 44.2 Å². The molecule has 0 fully saturated rings. The molecular weight excluding hydrogens is 228 g/mol. The topological polar surface area (TPSA) is 0 Å². The van der Waals surface area contributed by atoms with E-state index in [1.165, 1.54) is 17.5 Å². The molecule has 0 aliphatic rings. The highest BCUT2D eigenvalue weighted by Gasteiger charge is 2.22. The molecule has 100 valence electrons. The summed E-state index contributed by atoms with van der Waals surface area (Å²) in [7, 11) is 0. The van der Waals surface area contributed by atoms with Gasteiger partial charge in [0.1, 0.15) is 0 Å². The lowest BCUT2D eigenvalue weighted by atomic mass is 9.77. The molecule has 0 radical (unpaired) electrons. The summed E-state index contributed by atoms with van der Waals surface area (Å²) in [5.74, 6) is 0.611. The first-order valence-electron chi connectivity index (χ1n) is 7.16. The molecule has 0 N–H and O–H groups in total. The van der Waals surface area contributed by atoms with Gasteiger partial charge in [0.05, 0.1) is 0 Å². The van der Waals surface area contributed by atoms with Gasteiger partial charge in [0.2, 0.25) is 0 Å². The molecular formula is C19H24. The van der Waals surface area contributed by atoms with Crippen LogP contribution >= 0.6 is 0 Å². The average molecular weight is 252 g/mol. The Kier molecular flexibility index (Phi) is 4.42. The van der Waals surface area contributed by atoms with E-state index in [1.807, 2.05) is 0 Å². The molecule has 0 saturated heterocycles. The molecule has 0 spiro atoms. The van der Waals surface area contributed by atoms with Gasteiger partial charge in [0.25, 0.3) is 0 Å². The van der Waals surface area contributed by atoms with Gasteiger partial charge in [-0.15, -0.1) is 0 Å². The molecule has 0 aliphatic carbocycles. The zero-order valence-electron chi connectivity index (χ0n) is 12.3. The van der Waals surface area contributed by atoms with Crippen molar-refractivity contribution in [1.29, 1.82) is 0 Å². The van der Waals surface area contributed by atoms with Gasteiger partial charge >= 0.3 is 0 Å². The molecule has 0 amide bonds. The maximum atomic E-state index is 2.37. The smallest absolute Gasteiger partial charge is 0.0185 e. The molecule has 0 heterocycles. The van der Waals surface area contributed by atoms with Crippen LogP contribution in [0.25, 0.3) is 0 Å². The minimum Gasteiger partial charge on any atom is -0.0622 e. The lowest BCUT2D eigenvalue weighted by Crippen LogP contribution is -2.18. The lowest BCUT2D eigenvalue weighted by Gasteiger charge is -2.28. The van der Waals surface area contributed by atoms with Gasteiger partial charge in [-0.1, -0.05) is 81.4 Å². The van der Waals surface area contributed by atoms with Crippen molar-refractivity contribution < 1.29 is 0 Å². The van der Waals surface area contributed by atoms with E-state index in [0.29, 0.717) is 11.3 Å². The van der Waals surface area contributed by atoms with Crippen LogP contribution in [0.2, 0.25) is 0 Å². The van der Waals surface area contributed by atoms with E-state index in [1.54, 1.807) is 0 Å². The molecule has 2 aromatic carbocycles. The summed E-state index contributed by atoms with van der Waals surface area (Å²) < 4.78 is 0. The fourth-order valence-electron chi connectivity index (χ4n) is 2.95. The first kappa shape index (κ1) is 13.9. The van der Waals surface area contributed by atoms with Gasteiger partial charge < -0.3 is 0 Å². The van der Waals surface area contributed by atoms with E-state index in [4.69, 9.17) is 0 Å².